The van der Waals surface area contributed by atoms with E-state index in [-0.39, 0.29) is 12.2 Å². The Kier molecular flexibility index (Phi) is 7.64. The molecule has 7 aromatic carbocycles. The maximum absolute atomic E-state index is 4.58. The summed E-state index contributed by atoms with van der Waals surface area (Å²) in [6.07, 6.45) is 4.07. The van der Waals surface area contributed by atoms with Gasteiger partial charge in [0.05, 0.1) is 33.8 Å². The second-order valence-corrected chi connectivity index (χ2v) is 14.5. The molecule has 0 saturated heterocycles. The molecule has 11 rings (SSSR count). The summed E-state index contributed by atoms with van der Waals surface area (Å²) in [6.45, 7) is 0. The largest absolute Gasteiger partial charge is 0.366 e. The topological polar surface area (TPSA) is 46.8 Å². The van der Waals surface area contributed by atoms with Crippen LogP contribution in [-0.4, -0.2) is 14.1 Å². The summed E-state index contributed by atoms with van der Waals surface area (Å²) in [5.74, 6) is 0. The second-order valence-electron chi connectivity index (χ2n) is 14.5. The molecule has 1 aliphatic rings. The minimum absolute atomic E-state index is 0.119. The lowest BCUT2D eigenvalue weighted by Gasteiger charge is -2.33. The van der Waals surface area contributed by atoms with Crippen LogP contribution in [0.5, 0.6) is 0 Å². The number of pyridine rings is 1. The normalized spacial score (nSPS) is 15.7. The maximum Gasteiger partial charge on any atom is 0.104 e. The van der Waals surface area contributed by atoms with Gasteiger partial charge in [0.15, 0.2) is 0 Å². The average Bonchev–Trinajstić information content (AvgIpc) is 3.80. The van der Waals surface area contributed by atoms with Crippen LogP contribution < -0.4 is 10.6 Å². The zero-order chi connectivity index (χ0) is 37.0. The highest BCUT2D eigenvalue weighted by Crippen LogP contribution is 2.38. The number of rotatable bonds is 6. The standard InChI is InChI=1S/C51H37N5/c1-2-14-36(15-3-1)51-53-45(35-27-25-34(26-28-35)44-20-12-13-29-52-44)33-46(54-51)37-30-38(55-47-21-8-4-16-40(47)41-17-5-9-22-48(41)55)32-39(31-37)56-49-23-10-6-18-42(49)43-19-7-11-24-50(43)56/h1-33,46,51,53-54H. The van der Waals surface area contributed by atoms with Crippen molar-refractivity contribution in [1.82, 2.24) is 24.8 Å². The Bertz CT molecular complexity index is 2850. The van der Waals surface area contributed by atoms with Crippen molar-refractivity contribution in [2.45, 2.75) is 12.2 Å². The molecule has 0 bridgehead atoms. The van der Waals surface area contributed by atoms with E-state index in [4.69, 9.17) is 0 Å². The van der Waals surface area contributed by atoms with E-state index >= 15 is 0 Å². The third kappa shape index (κ3) is 5.40. The summed E-state index contributed by atoms with van der Waals surface area (Å²) in [7, 11) is 0. The molecule has 266 valence electrons. The number of hydrogen-bond donors (Lipinski definition) is 2. The molecule has 0 amide bonds. The highest BCUT2D eigenvalue weighted by Gasteiger charge is 2.26. The molecule has 5 nitrogen and oxygen atoms in total. The Balaban J connectivity index is 1.14. The van der Waals surface area contributed by atoms with Gasteiger partial charge in [-0.3, -0.25) is 10.3 Å². The number of nitrogens with one attached hydrogen (secondary N) is 2. The number of benzene rings is 7. The van der Waals surface area contributed by atoms with Crippen molar-refractivity contribution in [3.05, 3.63) is 217 Å². The summed E-state index contributed by atoms with van der Waals surface area (Å²) in [4.78, 5) is 4.58. The van der Waals surface area contributed by atoms with Crippen LogP contribution in [0, 0.1) is 0 Å². The van der Waals surface area contributed by atoms with E-state index < -0.39 is 0 Å². The highest BCUT2D eigenvalue weighted by molar-refractivity contribution is 6.10. The van der Waals surface area contributed by atoms with Gasteiger partial charge in [-0.2, -0.15) is 0 Å². The summed E-state index contributed by atoms with van der Waals surface area (Å²) in [5, 5.41) is 12.8. The molecule has 0 saturated carbocycles. The molecule has 0 fully saturated rings. The van der Waals surface area contributed by atoms with Crippen molar-refractivity contribution in [3.8, 4) is 22.6 Å². The van der Waals surface area contributed by atoms with Gasteiger partial charge in [0.2, 0.25) is 0 Å². The predicted molar refractivity (Wildman–Crippen MR) is 231 cm³/mol. The summed E-state index contributed by atoms with van der Waals surface area (Å²) < 4.78 is 4.87. The molecule has 0 spiro atoms. The first-order valence-corrected chi connectivity index (χ1v) is 19.2. The van der Waals surface area contributed by atoms with Crippen LogP contribution in [0.15, 0.2) is 200 Å². The Labute approximate surface area is 324 Å². The lowest BCUT2D eigenvalue weighted by molar-refractivity contribution is 0.442. The summed E-state index contributed by atoms with van der Waals surface area (Å²) >= 11 is 0. The van der Waals surface area contributed by atoms with Crippen LogP contribution in [0.4, 0.5) is 0 Å². The van der Waals surface area contributed by atoms with Gasteiger partial charge in [-0.25, -0.2) is 0 Å². The van der Waals surface area contributed by atoms with Gasteiger partial charge in [-0.05, 0) is 77.4 Å². The molecule has 5 heteroatoms. The van der Waals surface area contributed by atoms with Crippen molar-refractivity contribution < 1.29 is 0 Å². The zero-order valence-electron chi connectivity index (χ0n) is 30.5. The van der Waals surface area contributed by atoms with Crippen LogP contribution >= 0.6 is 0 Å². The van der Waals surface area contributed by atoms with Crippen LogP contribution in [0.1, 0.15) is 28.9 Å². The SMILES string of the molecule is C1=C(c2ccc(-c3ccccn3)cc2)NC(c2ccccc2)NC1c1cc(-n2c3ccccc3c3ccccc32)cc(-n2c3ccccc3c3ccccc32)c1. The van der Waals surface area contributed by atoms with Crippen LogP contribution in [0.2, 0.25) is 0 Å². The third-order valence-electron chi connectivity index (χ3n) is 11.2. The van der Waals surface area contributed by atoms with Gasteiger partial charge in [0.1, 0.15) is 6.17 Å². The molecular weight excluding hydrogens is 683 g/mol. The summed E-state index contributed by atoms with van der Waals surface area (Å²) in [6, 6.07) is 67.4. The highest BCUT2D eigenvalue weighted by atomic mass is 15.2. The molecule has 1 aliphatic heterocycles. The third-order valence-corrected chi connectivity index (χ3v) is 11.2. The van der Waals surface area contributed by atoms with Crippen molar-refractivity contribution in [3.63, 3.8) is 0 Å². The van der Waals surface area contributed by atoms with Gasteiger partial charge in [0.25, 0.3) is 0 Å². The first-order chi connectivity index (χ1) is 27.8. The van der Waals surface area contributed by atoms with E-state index in [0.29, 0.717) is 0 Å². The minimum atomic E-state index is -0.120. The monoisotopic (exact) mass is 719 g/mol. The number of aromatic nitrogens is 3. The van der Waals surface area contributed by atoms with Crippen molar-refractivity contribution in [1.29, 1.82) is 0 Å². The second kappa shape index (κ2) is 13.3. The molecule has 2 N–H and O–H groups in total. The number of nitrogens with zero attached hydrogens (tertiary/aromatic N) is 3. The van der Waals surface area contributed by atoms with Crippen molar-refractivity contribution in [2.75, 3.05) is 0 Å². The molecule has 0 aliphatic carbocycles. The van der Waals surface area contributed by atoms with Crippen molar-refractivity contribution in [2.24, 2.45) is 0 Å². The predicted octanol–water partition coefficient (Wildman–Crippen LogP) is 11.9. The van der Waals surface area contributed by atoms with Gasteiger partial charge < -0.3 is 14.5 Å². The van der Waals surface area contributed by atoms with Crippen molar-refractivity contribution >= 4 is 49.3 Å². The van der Waals surface area contributed by atoms with Gasteiger partial charge in [0, 0.05) is 50.4 Å². The molecule has 2 unspecified atom stereocenters. The smallest absolute Gasteiger partial charge is 0.104 e. The molecule has 0 radical (unpaired) electrons. The Morgan fingerprint density at radius 3 is 1.43 bits per heavy atom. The van der Waals surface area contributed by atoms with Crippen LogP contribution in [-0.2, 0) is 0 Å². The van der Waals surface area contributed by atoms with E-state index in [9.17, 15) is 0 Å². The van der Waals surface area contributed by atoms with E-state index in [2.05, 4.69) is 207 Å². The van der Waals surface area contributed by atoms with E-state index in [0.717, 1.165) is 33.9 Å². The molecule has 3 aromatic heterocycles. The van der Waals surface area contributed by atoms with Crippen LogP contribution in [0.25, 0.3) is 71.9 Å². The Morgan fingerprint density at radius 1 is 0.429 bits per heavy atom. The number of hydrogen-bond acceptors (Lipinski definition) is 3. The fourth-order valence-electron chi connectivity index (χ4n) is 8.65. The lowest BCUT2D eigenvalue weighted by atomic mass is 9.97. The van der Waals surface area contributed by atoms with Crippen LogP contribution in [0.3, 0.4) is 0 Å². The Morgan fingerprint density at radius 2 is 0.911 bits per heavy atom. The molecule has 56 heavy (non-hydrogen) atoms. The quantitative estimate of drug-likeness (QED) is 0.180. The maximum atomic E-state index is 4.58. The van der Waals surface area contributed by atoms with E-state index in [1.807, 2.05) is 18.3 Å². The Hall–Kier alpha value is -7.21. The fourth-order valence-corrected chi connectivity index (χ4v) is 8.65. The van der Waals surface area contributed by atoms with E-state index in [1.54, 1.807) is 0 Å². The molecule has 4 heterocycles. The molecule has 2 atom stereocenters. The lowest BCUT2D eigenvalue weighted by Crippen LogP contribution is -2.39. The molecular formula is C51H37N5. The first kappa shape index (κ1) is 32.2. The zero-order valence-corrected chi connectivity index (χ0v) is 30.5. The van der Waals surface area contributed by atoms with E-state index in [1.165, 1.54) is 54.7 Å². The summed E-state index contributed by atoms with van der Waals surface area (Å²) in [5.41, 5.74) is 13.6. The minimum Gasteiger partial charge on any atom is -0.366 e. The number of para-hydroxylation sites is 4. The number of fused-ring (bicyclic) bond motifs is 6. The van der Waals surface area contributed by atoms with Gasteiger partial charge >= 0.3 is 0 Å². The first-order valence-electron chi connectivity index (χ1n) is 19.2. The average molecular weight is 720 g/mol. The van der Waals surface area contributed by atoms with Gasteiger partial charge in [-0.15, -0.1) is 0 Å². The fraction of sp³-hybridized carbons (Fsp3) is 0.0392. The van der Waals surface area contributed by atoms with Gasteiger partial charge in [-0.1, -0.05) is 133 Å². The molecule has 10 aromatic rings.